The first-order chi connectivity index (χ1) is 6.48. The largest absolute Gasteiger partial charge is 0.481 e. The van der Waals surface area contributed by atoms with Gasteiger partial charge in [-0.25, -0.2) is 17.7 Å². The number of nitrogens with zero attached hydrogens (tertiary/aromatic N) is 2. The van der Waals surface area contributed by atoms with E-state index < -0.39 is 10.0 Å². The third kappa shape index (κ3) is 2.02. The summed E-state index contributed by atoms with van der Waals surface area (Å²) in [4.78, 5) is 3.97. The van der Waals surface area contributed by atoms with E-state index in [1.807, 2.05) is 0 Å². The number of ether oxygens (including phenoxy) is 1. The molecule has 0 unspecified atom stereocenters. The molecule has 0 fully saturated rings. The second-order valence-electron chi connectivity index (χ2n) is 2.82. The maximum absolute atomic E-state index is 11.6. The minimum absolute atomic E-state index is 0.156. The van der Waals surface area contributed by atoms with Gasteiger partial charge in [-0.1, -0.05) is 0 Å². The molecule has 0 N–H and O–H groups in total. The van der Waals surface area contributed by atoms with Crippen molar-refractivity contribution in [2.24, 2.45) is 0 Å². The summed E-state index contributed by atoms with van der Waals surface area (Å²) >= 11 is 0. The highest BCUT2D eigenvalue weighted by Crippen LogP contribution is 2.14. The molecule has 14 heavy (non-hydrogen) atoms. The number of pyridine rings is 1. The molecule has 5 nitrogen and oxygen atoms in total. The number of rotatable bonds is 3. The Morgan fingerprint density at radius 3 is 2.36 bits per heavy atom. The molecule has 0 saturated carbocycles. The quantitative estimate of drug-likeness (QED) is 0.731. The molecule has 1 aromatic heterocycles. The van der Waals surface area contributed by atoms with Crippen LogP contribution in [0.3, 0.4) is 0 Å². The smallest absolute Gasteiger partial charge is 0.244 e. The van der Waals surface area contributed by atoms with E-state index in [1.54, 1.807) is 0 Å². The summed E-state index contributed by atoms with van der Waals surface area (Å²) in [7, 11) is 1.03. The summed E-state index contributed by atoms with van der Waals surface area (Å²) in [6.07, 6.45) is 1.27. The van der Waals surface area contributed by atoms with Gasteiger partial charge in [0.2, 0.25) is 15.9 Å². The minimum Gasteiger partial charge on any atom is -0.481 e. The van der Waals surface area contributed by atoms with Gasteiger partial charge < -0.3 is 4.74 Å². The molecule has 0 aromatic carbocycles. The van der Waals surface area contributed by atoms with Crippen LogP contribution in [-0.2, 0) is 10.0 Å². The van der Waals surface area contributed by atoms with Crippen LogP contribution >= 0.6 is 0 Å². The van der Waals surface area contributed by atoms with Crippen molar-refractivity contribution in [2.45, 2.75) is 4.90 Å². The topological polar surface area (TPSA) is 59.5 Å². The van der Waals surface area contributed by atoms with E-state index in [0.29, 0.717) is 5.88 Å². The summed E-state index contributed by atoms with van der Waals surface area (Å²) in [5, 5.41) is 0. The third-order valence-electron chi connectivity index (χ3n) is 1.70. The summed E-state index contributed by atoms with van der Waals surface area (Å²) in [6.45, 7) is 0. The molecule has 0 aliphatic rings. The molecule has 1 rings (SSSR count). The summed E-state index contributed by atoms with van der Waals surface area (Å²) < 4.78 is 29.1. The van der Waals surface area contributed by atoms with Crippen molar-refractivity contribution in [2.75, 3.05) is 21.2 Å². The molecule has 0 atom stereocenters. The fourth-order valence-corrected chi connectivity index (χ4v) is 1.70. The molecule has 0 spiro atoms. The fraction of sp³-hybridized carbons (Fsp3) is 0.375. The van der Waals surface area contributed by atoms with Gasteiger partial charge >= 0.3 is 0 Å². The van der Waals surface area contributed by atoms with Gasteiger partial charge in [-0.3, -0.25) is 0 Å². The number of aromatic nitrogens is 1. The van der Waals surface area contributed by atoms with Crippen molar-refractivity contribution < 1.29 is 13.2 Å². The molecule has 6 heteroatoms. The molecule has 0 bridgehead atoms. The molecule has 1 heterocycles. The van der Waals surface area contributed by atoms with Crippen LogP contribution in [0.15, 0.2) is 23.2 Å². The van der Waals surface area contributed by atoms with Crippen LogP contribution in [0.1, 0.15) is 0 Å². The van der Waals surface area contributed by atoms with Crippen molar-refractivity contribution in [1.29, 1.82) is 0 Å². The first-order valence-corrected chi connectivity index (χ1v) is 5.35. The Hall–Kier alpha value is -1.14. The zero-order valence-corrected chi connectivity index (χ0v) is 9.08. The molecular weight excluding hydrogens is 204 g/mol. The Labute approximate surface area is 83.4 Å². The lowest BCUT2D eigenvalue weighted by Gasteiger charge is -2.10. The second-order valence-corrected chi connectivity index (χ2v) is 4.98. The van der Waals surface area contributed by atoms with Crippen LogP contribution in [0.4, 0.5) is 0 Å². The molecule has 0 aliphatic heterocycles. The standard InChI is InChI=1S/C8H12N2O3S/c1-10(2)14(11,12)7-4-5-8(13-3)9-6-7/h4-6H,1-3H3. The Morgan fingerprint density at radius 1 is 1.36 bits per heavy atom. The van der Waals surface area contributed by atoms with Crippen LogP contribution in [0, 0.1) is 0 Å². The van der Waals surface area contributed by atoms with Gasteiger partial charge in [0.05, 0.1) is 13.3 Å². The number of hydrogen-bond donors (Lipinski definition) is 0. The average molecular weight is 216 g/mol. The van der Waals surface area contributed by atoms with E-state index in [0.717, 1.165) is 4.31 Å². The zero-order chi connectivity index (χ0) is 10.8. The van der Waals surface area contributed by atoms with Gasteiger partial charge in [0.25, 0.3) is 0 Å². The summed E-state index contributed by atoms with van der Waals surface area (Å²) in [5.74, 6) is 0.391. The van der Waals surface area contributed by atoms with Crippen LogP contribution in [0.25, 0.3) is 0 Å². The number of hydrogen-bond acceptors (Lipinski definition) is 4. The minimum atomic E-state index is -3.39. The van der Waals surface area contributed by atoms with Gasteiger partial charge in [0.1, 0.15) is 4.90 Å². The Bertz CT molecular complexity index is 397. The zero-order valence-electron chi connectivity index (χ0n) is 8.26. The van der Waals surface area contributed by atoms with E-state index >= 15 is 0 Å². The highest BCUT2D eigenvalue weighted by atomic mass is 32.2. The van der Waals surface area contributed by atoms with E-state index in [2.05, 4.69) is 4.98 Å². The maximum Gasteiger partial charge on any atom is 0.244 e. The van der Waals surface area contributed by atoms with E-state index in [-0.39, 0.29) is 4.90 Å². The van der Waals surface area contributed by atoms with Crippen LogP contribution in [0.2, 0.25) is 0 Å². The van der Waals surface area contributed by atoms with Gasteiger partial charge in [0, 0.05) is 20.2 Å². The molecule has 0 radical (unpaired) electrons. The predicted molar refractivity (Wildman–Crippen MR) is 51.7 cm³/mol. The monoisotopic (exact) mass is 216 g/mol. The predicted octanol–water partition coefficient (Wildman–Crippen LogP) is 0.341. The van der Waals surface area contributed by atoms with Gasteiger partial charge in [0.15, 0.2) is 0 Å². The van der Waals surface area contributed by atoms with Crippen LogP contribution in [-0.4, -0.2) is 38.9 Å². The van der Waals surface area contributed by atoms with Crippen molar-refractivity contribution in [3.63, 3.8) is 0 Å². The van der Waals surface area contributed by atoms with Crippen LogP contribution < -0.4 is 4.74 Å². The first-order valence-electron chi connectivity index (χ1n) is 3.91. The molecule has 0 saturated heterocycles. The molecular formula is C8H12N2O3S. The molecule has 0 amide bonds. The maximum atomic E-state index is 11.6. The summed E-state index contributed by atoms with van der Waals surface area (Å²) in [5.41, 5.74) is 0. The van der Waals surface area contributed by atoms with E-state index in [9.17, 15) is 8.42 Å². The van der Waals surface area contributed by atoms with Crippen LogP contribution in [0.5, 0.6) is 5.88 Å². The Kier molecular flexibility index (Phi) is 3.07. The van der Waals surface area contributed by atoms with Crippen molar-refractivity contribution in [3.8, 4) is 5.88 Å². The lowest BCUT2D eigenvalue weighted by atomic mass is 10.5. The van der Waals surface area contributed by atoms with Gasteiger partial charge in [-0.05, 0) is 6.07 Å². The number of methoxy groups -OCH3 is 1. The van der Waals surface area contributed by atoms with Crippen molar-refractivity contribution in [3.05, 3.63) is 18.3 Å². The highest BCUT2D eigenvalue weighted by molar-refractivity contribution is 7.89. The highest BCUT2D eigenvalue weighted by Gasteiger charge is 2.17. The molecule has 78 valence electrons. The Balaban J connectivity index is 3.10. The average Bonchev–Trinajstić information content (AvgIpc) is 2.17. The third-order valence-corrected chi connectivity index (χ3v) is 3.50. The number of sulfonamides is 1. The van der Waals surface area contributed by atoms with Gasteiger partial charge in [-0.15, -0.1) is 0 Å². The van der Waals surface area contributed by atoms with E-state index in [1.165, 1.54) is 39.5 Å². The lowest BCUT2D eigenvalue weighted by Crippen LogP contribution is -2.22. The van der Waals surface area contributed by atoms with Crippen molar-refractivity contribution in [1.82, 2.24) is 9.29 Å². The van der Waals surface area contributed by atoms with Crippen molar-refractivity contribution >= 4 is 10.0 Å². The Morgan fingerprint density at radius 2 is 2.00 bits per heavy atom. The normalized spacial score (nSPS) is 11.7. The second kappa shape index (κ2) is 3.93. The SMILES string of the molecule is COc1ccc(S(=O)(=O)N(C)C)cn1. The fourth-order valence-electron chi connectivity index (χ4n) is 0.851. The summed E-state index contributed by atoms with van der Waals surface area (Å²) in [6, 6.07) is 2.97. The van der Waals surface area contributed by atoms with Gasteiger partial charge in [-0.2, -0.15) is 0 Å². The lowest BCUT2D eigenvalue weighted by molar-refractivity contribution is 0.397. The molecule has 0 aliphatic carbocycles. The molecule has 1 aromatic rings. The first kappa shape index (κ1) is 10.9. The van der Waals surface area contributed by atoms with E-state index in [4.69, 9.17) is 4.74 Å².